The Hall–Kier alpha value is -1.96. The van der Waals surface area contributed by atoms with Gasteiger partial charge >= 0.3 is 0 Å². The zero-order chi connectivity index (χ0) is 12.2. The first kappa shape index (κ1) is 10.2. The fourth-order valence-corrected chi connectivity index (χ4v) is 2.75. The van der Waals surface area contributed by atoms with Crippen LogP contribution in [0.4, 0.5) is 5.69 Å². The van der Waals surface area contributed by atoms with Crippen LogP contribution in [0.2, 0.25) is 0 Å². The van der Waals surface area contributed by atoms with E-state index in [9.17, 15) is 5.11 Å². The fourth-order valence-electron chi connectivity index (χ4n) is 2.75. The number of anilines is 1. The third kappa shape index (κ3) is 1.21. The summed E-state index contributed by atoms with van der Waals surface area (Å²) in [5.74, 6) is 0.171. The molecule has 17 heavy (non-hydrogen) atoms. The highest BCUT2D eigenvalue weighted by Crippen LogP contribution is 2.50. The van der Waals surface area contributed by atoms with Crippen molar-refractivity contribution in [1.82, 2.24) is 0 Å². The molecular weight excluding hydrogens is 210 g/mol. The quantitative estimate of drug-likeness (QED) is 0.534. The average molecular weight is 225 g/mol. The Kier molecular flexibility index (Phi) is 1.82. The minimum absolute atomic E-state index is 0.0723. The van der Waals surface area contributed by atoms with Crippen LogP contribution in [-0.4, -0.2) is 5.11 Å². The van der Waals surface area contributed by atoms with Crippen LogP contribution in [0.15, 0.2) is 36.4 Å². The van der Waals surface area contributed by atoms with Crippen LogP contribution < -0.4 is 5.73 Å². The molecule has 86 valence electrons. The van der Waals surface area contributed by atoms with Crippen molar-refractivity contribution in [2.24, 2.45) is 0 Å². The van der Waals surface area contributed by atoms with E-state index in [-0.39, 0.29) is 11.2 Å². The molecule has 3 N–H and O–H groups in total. The van der Waals surface area contributed by atoms with E-state index in [0.29, 0.717) is 5.69 Å². The number of nitrogens with two attached hydrogens (primary N) is 1. The lowest BCUT2D eigenvalue weighted by Gasteiger charge is -2.21. The first-order valence-electron chi connectivity index (χ1n) is 5.74. The molecule has 0 aliphatic heterocycles. The van der Waals surface area contributed by atoms with Gasteiger partial charge < -0.3 is 10.8 Å². The number of hydrogen-bond acceptors (Lipinski definition) is 2. The van der Waals surface area contributed by atoms with Gasteiger partial charge in [-0.05, 0) is 34.4 Å². The number of benzene rings is 2. The Morgan fingerprint density at radius 1 is 1.00 bits per heavy atom. The number of rotatable bonds is 0. The van der Waals surface area contributed by atoms with E-state index in [1.165, 1.54) is 11.1 Å². The molecule has 0 heterocycles. The van der Waals surface area contributed by atoms with Crippen LogP contribution in [0.1, 0.15) is 25.0 Å². The summed E-state index contributed by atoms with van der Waals surface area (Å²) in [7, 11) is 0. The van der Waals surface area contributed by atoms with Crippen molar-refractivity contribution in [3.05, 3.63) is 47.5 Å². The van der Waals surface area contributed by atoms with Crippen molar-refractivity contribution in [3.8, 4) is 16.9 Å². The van der Waals surface area contributed by atoms with Crippen LogP contribution in [0, 0.1) is 0 Å². The molecule has 1 aliphatic carbocycles. The second kappa shape index (κ2) is 3.04. The molecule has 1 aliphatic rings. The monoisotopic (exact) mass is 225 g/mol. The Labute approximate surface area is 101 Å². The Balaban J connectivity index is 2.40. The number of fused-ring (bicyclic) bond motifs is 3. The molecule has 0 amide bonds. The van der Waals surface area contributed by atoms with Crippen molar-refractivity contribution < 1.29 is 5.11 Å². The molecule has 0 saturated heterocycles. The maximum Gasteiger partial charge on any atom is 0.138 e. The average Bonchev–Trinajstić information content (AvgIpc) is 2.51. The highest BCUT2D eigenvalue weighted by atomic mass is 16.3. The molecule has 2 aromatic rings. The molecule has 0 bridgehead atoms. The van der Waals surface area contributed by atoms with Gasteiger partial charge in [-0.3, -0.25) is 0 Å². The third-order valence-corrected chi connectivity index (χ3v) is 3.73. The normalized spacial score (nSPS) is 15.4. The van der Waals surface area contributed by atoms with Crippen LogP contribution in [-0.2, 0) is 5.41 Å². The van der Waals surface area contributed by atoms with Crippen molar-refractivity contribution in [2.45, 2.75) is 19.3 Å². The first-order valence-corrected chi connectivity index (χ1v) is 5.74. The summed E-state index contributed by atoms with van der Waals surface area (Å²) < 4.78 is 0. The molecular formula is C15H15NO. The Morgan fingerprint density at radius 2 is 1.71 bits per heavy atom. The van der Waals surface area contributed by atoms with Crippen molar-refractivity contribution >= 4 is 5.69 Å². The van der Waals surface area contributed by atoms with E-state index in [4.69, 9.17) is 5.73 Å². The van der Waals surface area contributed by atoms with Gasteiger partial charge in [0.25, 0.3) is 0 Å². The molecule has 3 rings (SSSR count). The van der Waals surface area contributed by atoms with Crippen molar-refractivity contribution in [3.63, 3.8) is 0 Å². The lowest BCUT2D eigenvalue weighted by atomic mass is 9.82. The summed E-state index contributed by atoms with van der Waals surface area (Å²) in [6, 6.07) is 12.0. The largest absolute Gasteiger partial charge is 0.506 e. The molecule has 2 heteroatoms. The minimum Gasteiger partial charge on any atom is -0.506 e. The molecule has 0 saturated carbocycles. The summed E-state index contributed by atoms with van der Waals surface area (Å²) in [6.45, 7) is 4.35. The maximum absolute atomic E-state index is 9.77. The van der Waals surface area contributed by atoms with Crippen molar-refractivity contribution in [1.29, 1.82) is 0 Å². The van der Waals surface area contributed by atoms with E-state index in [1.807, 2.05) is 12.1 Å². The van der Waals surface area contributed by atoms with E-state index < -0.39 is 0 Å². The molecule has 0 atom stereocenters. The van der Waals surface area contributed by atoms with Crippen molar-refractivity contribution in [2.75, 3.05) is 5.73 Å². The van der Waals surface area contributed by atoms with Crippen LogP contribution in [0.25, 0.3) is 11.1 Å². The summed E-state index contributed by atoms with van der Waals surface area (Å²) in [4.78, 5) is 0. The third-order valence-electron chi connectivity index (χ3n) is 3.73. The predicted octanol–water partition coefficient (Wildman–Crippen LogP) is 3.28. The summed E-state index contributed by atoms with van der Waals surface area (Å²) in [6.07, 6.45) is 0. The fraction of sp³-hybridized carbons (Fsp3) is 0.200. The Bertz CT molecular complexity index is 614. The van der Waals surface area contributed by atoms with Gasteiger partial charge in [-0.1, -0.05) is 38.1 Å². The summed E-state index contributed by atoms with van der Waals surface area (Å²) in [5.41, 5.74) is 11.0. The highest BCUT2D eigenvalue weighted by molar-refractivity contribution is 5.84. The molecule has 0 radical (unpaired) electrons. The minimum atomic E-state index is -0.0723. The van der Waals surface area contributed by atoms with Crippen LogP contribution >= 0.6 is 0 Å². The standard InChI is InChI=1S/C15H15NO/c1-15(2)11-6-4-3-5-9(11)10-7-13(16)14(17)8-12(10)15/h3-8,17H,16H2,1-2H3. The van der Waals surface area contributed by atoms with Gasteiger partial charge in [0, 0.05) is 5.41 Å². The smallest absolute Gasteiger partial charge is 0.138 e. The number of phenolic OH excluding ortho intramolecular Hbond substituents is 1. The number of hydrogen-bond donors (Lipinski definition) is 2. The maximum atomic E-state index is 9.77. The second-order valence-electron chi connectivity index (χ2n) is 5.13. The van der Waals surface area contributed by atoms with Gasteiger partial charge in [-0.25, -0.2) is 0 Å². The van der Waals surface area contributed by atoms with Gasteiger partial charge in [0.15, 0.2) is 0 Å². The zero-order valence-corrected chi connectivity index (χ0v) is 9.99. The molecule has 0 spiro atoms. The van der Waals surface area contributed by atoms with E-state index >= 15 is 0 Å². The molecule has 2 aromatic carbocycles. The molecule has 0 aromatic heterocycles. The van der Waals surface area contributed by atoms with Gasteiger partial charge in [0.2, 0.25) is 0 Å². The van der Waals surface area contributed by atoms with Gasteiger partial charge in [0.05, 0.1) is 5.69 Å². The lowest BCUT2D eigenvalue weighted by Crippen LogP contribution is -2.14. The molecule has 0 fully saturated rings. The topological polar surface area (TPSA) is 46.2 Å². The molecule has 0 unspecified atom stereocenters. The first-order chi connectivity index (χ1) is 8.01. The Morgan fingerprint density at radius 3 is 2.47 bits per heavy atom. The van der Waals surface area contributed by atoms with Crippen LogP contribution in [0.5, 0.6) is 5.75 Å². The zero-order valence-electron chi connectivity index (χ0n) is 9.99. The van der Waals surface area contributed by atoms with E-state index in [1.54, 1.807) is 6.07 Å². The number of phenols is 1. The second-order valence-corrected chi connectivity index (χ2v) is 5.13. The van der Waals surface area contributed by atoms with Crippen LogP contribution in [0.3, 0.4) is 0 Å². The SMILES string of the molecule is CC1(C)c2ccccc2-c2cc(N)c(O)cc21. The van der Waals surface area contributed by atoms with Gasteiger partial charge in [-0.15, -0.1) is 0 Å². The predicted molar refractivity (Wildman–Crippen MR) is 70.1 cm³/mol. The lowest BCUT2D eigenvalue weighted by molar-refractivity contribution is 0.475. The van der Waals surface area contributed by atoms with Gasteiger partial charge in [-0.2, -0.15) is 0 Å². The summed E-state index contributed by atoms with van der Waals surface area (Å²) in [5, 5.41) is 9.77. The number of aromatic hydroxyl groups is 1. The molecule has 2 nitrogen and oxygen atoms in total. The van der Waals surface area contributed by atoms with Gasteiger partial charge in [0.1, 0.15) is 5.75 Å². The van der Waals surface area contributed by atoms with E-state index in [0.717, 1.165) is 11.1 Å². The number of nitrogen functional groups attached to an aromatic ring is 1. The summed E-state index contributed by atoms with van der Waals surface area (Å²) >= 11 is 0. The highest BCUT2D eigenvalue weighted by Gasteiger charge is 2.35. The van der Waals surface area contributed by atoms with E-state index in [2.05, 4.69) is 32.0 Å².